The van der Waals surface area contributed by atoms with Crippen LogP contribution in [0.15, 0.2) is 18.2 Å². The fraction of sp³-hybridized carbons (Fsp3) is 0.600. The van der Waals surface area contributed by atoms with Crippen molar-refractivity contribution >= 4 is 0 Å². The number of aliphatic hydroxyl groups is 1. The number of rotatable bonds is 7. The third-order valence-corrected chi connectivity index (χ3v) is 2.85. The van der Waals surface area contributed by atoms with Crippen LogP contribution in [0.5, 0.6) is 5.75 Å². The van der Waals surface area contributed by atoms with Crippen LogP contribution in [0.2, 0.25) is 0 Å². The van der Waals surface area contributed by atoms with Crippen molar-refractivity contribution in [2.24, 2.45) is 5.92 Å². The lowest BCUT2D eigenvalue weighted by atomic mass is 10.1. The summed E-state index contributed by atoms with van der Waals surface area (Å²) in [4.78, 5) is 0. The van der Waals surface area contributed by atoms with E-state index in [1.54, 1.807) is 0 Å². The van der Waals surface area contributed by atoms with E-state index < -0.39 is 6.10 Å². The van der Waals surface area contributed by atoms with E-state index in [-0.39, 0.29) is 0 Å². The molecule has 0 saturated heterocycles. The maximum atomic E-state index is 9.76. The van der Waals surface area contributed by atoms with Gasteiger partial charge in [-0.1, -0.05) is 19.9 Å². The van der Waals surface area contributed by atoms with Gasteiger partial charge in [0.1, 0.15) is 18.5 Å². The molecule has 0 aliphatic heterocycles. The van der Waals surface area contributed by atoms with Crippen molar-refractivity contribution < 1.29 is 9.84 Å². The summed E-state index contributed by atoms with van der Waals surface area (Å²) in [6.45, 7) is 10.2. The second kappa shape index (κ2) is 7.39. The Kier molecular flexibility index (Phi) is 6.16. The zero-order valence-corrected chi connectivity index (χ0v) is 11.9. The Morgan fingerprint density at radius 2 is 1.89 bits per heavy atom. The quantitative estimate of drug-likeness (QED) is 0.781. The van der Waals surface area contributed by atoms with Crippen LogP contribution in [-0.2, 0) is 0 Å². The van der Waals surface area contributed by atoms with Crippen LogP contribution < -0.4 is 10.1 Å². The molecule has 3 nitrogen and oxygen atoms in total. The molecule has 0 bridgehead atoms. The SMILES string of the molecule is Cc1ccc(OCC(O)CNCC(C)C)cc1C. The topological polar surface area (TPSA) is 41.5 Å². The minimum Gasteiger partial charge on any atom is -0.491 e. The van der Waals surface area contributed by atoms with Gasteiger partial charge in [0.05, 0.1) is 0 Å². The molecule has 1 unspecified atom stereocenters. The molecule has 1 rings (SSSR count). The molecule has 0 aliphatic rings. The van der Waals surface area contributed by atoms with E-state index in [0.717, 1.165) is 12.3 Å². The monoisotopic (exact) mass is 251 g/mol. The molecule has 1 aromatic rings. The van der Waals surface area contributed by atoms with Crippen LogP contribution in [0.3, 0.4) is 0 Å². The van der Waals surface area contributed by atoms with Crippen LogP contribution in [-0.4, -0.2) is 30.9 Å². The minimum atomic E-state index is -0.467. The van der Waals surface area contributed by atoms with Crippen LogP contribution in [0.4, 0.5) is 0 Å². The average molecular weight is 251 g/mol. The van der Waals surface area contributed by atoms with E-state index in [1.165, 1.54) is 11.1 Å². The van der Waals surface area contributed by atoms with Gasteiger partial charge in [-0.25, -0.2) is 0 Å². The highest BCUT2D eigenvalue weighted by Crippen LogP contribution is 2.16. The van der Waals surface area contributed by atoms with Crippen LogP contribution in [0, 0.1) is 19.8 Å². The van der Waals surface area contributed by atoms with Crippen molar-refractivity contribution in [1.82, 2.24) is 5.32 Å². The summed E-state index contributed by atoms with van der Waals surface area (Å²) < 4.78 is 5.57. The van der Waals surface area contributed by atoms with Crippen LogP contribution in [0.25, 0.3) is 0 Å². The molecule has 0 saturated carbocycles. The Morgan fingerprint density at radius 1 is 1.17 bits per heavy atom. The van der Waals surface area contributed by atoms with E-state index in [1.807, 2.05) is 18.2 Å². The van der Waals surface area contributed by atoms with E-state index in [9.17, 15) is 5.11 Å². The smallest absolute Gasteiger partial charge is 0.119 e. The first-order chi connectivity index (χ1) is 8.49. The third-order valence-electron chi connectivity index (χ3n) is 2.85. The van der Waals surface area contributed by atoms with Crippen molar-refractivity contribution in [3.63, 3.8) is 0 Å². The normalized spacial score (nSPS) is 12.8. The molecule has 0 aliphatic carbocycles. The van der Waals surface area contributed by atoms with Crippen molar-refractivity contribution in [2.75, 3.05) is 19.7 Å². The number of aryl methyl sites for hydroxylation is 2. The highest BCUT2D eigenvalue weighted by atomic mass is 16.5. The van der Waals surface area contributed by atoms with Gasteiger partial charge in [0.15, 0.2) is 0 Å². The molecule has 0 fully saturated rings. The maximum absolute atomic E-state index is 9.76. The van der Waals surface area contributed by atoms with Gasteiger partial charge in [-0.05, 0) is 49.6 Å². The molecule has 0 aromatic heterocycles. The number of hydrogen-bond donors (Lipinski definition) is 2. The van der Waals surface area contributed by atoms with Crippen LogP contribution in [0.1, 0.15) is 25.0 Å². The second-order valence-corrected chi connectivity index (χ2v) is 5.26. The standard InChI is InChI=1S/C15H25NO2/c1-11(2)8-16-9-14(17)10-18-15-6-5-12(3)13(4)7-15/h5-7,11,14,16-17H,8-10H2,1-4H3. The summed E-state index contributed by atoms with van der Waals surface area (Å²) in [6, 6.07) is 5.98. The molecule has 3 heteroatoms. The number of nitrogens with one attached hydrogen (secondary N) is 1. The largest absolute Gasteiger partial charge is 0.491 e. The lowest BCUT2D eigenvalue weighted by Gasteiger charge is -2.14. The Bertz CT molecular complexity index is 364. The molecule has 0 spiro atoms. The number of aliphatic hydroxyl groups excluding tert-OH is 1. The molecule has 0 radical (unpaired) electrons. The number of hydrogen-bond acceptors (Lipinski definition) is 3. The molecule has 1 atom stereocenters. The van der Waals surface area contributed by atoms with Crippen molar-refractivity contribution in [3.8, 4) is 5.75 Å². The van der Waals surface area contributed by atoms with Gasteiger partial charge < -0.3 is 15.2 Å². The van der Waals surface area contributed by atoms with E-state index in [0.29, 0.717) is 19.1 Å². The van der Waals surface area contributed by atoms with Crippen molar-refractivity contribution in [2.45, 2.75) is 33.8 Å². The number of benzene rings is 1. The summed E-state index contributed by atoms with van der Waals surface area (Å²) in [5, 5.41) is 13.0. The van der Waals surface area contributed by atoms with Gasteiger partial charge in [0.25, 0.3) is 0 Å². The Labute approximate surface area is 110 Å². The first kappa shape index (κ1) is 15.0. The maximum Gasteiger partial charge on any atom is 0.119 e. The summed E-state index contributed by atoms with van der Waals surface area (Å²) in [5.74, 6) is 1.42. The minimum absolute atomic E-state index is 0.327. The third kappa shape index (κ3) is 5.52. The van der Waals surface area contributed by atoms with Gasteiger partial charge in [-0.2, -0.15) is 0 Å². The van der Waals surface area contributed by atoms with Crippen molar-refractivity contribution in [3.05, 3.63) is 29.3 Å². The summed E-state index contributed by atoms with van der Waals surface area (Å²) in [6.07, 6.45) is -0.467. The second-order valence-electron chi connectivity index (χ2n) is 5.26. The fourth-order valence-electron chi connectivity index (χ4n) is 1.59. The zero-order valence-electron chi connectivity index (χ0n) is 11.9. The lowest BCUT2D eigenvalue weighted by molar-refractivity contribution is 0.106. The molecule has 0 amide bonds. The summed E-state index contributed by atoms with van der Waals surface area (Å²) >= 11 is 0. The van der Waals surface area contributed by atoms with Gasteiger partial charge >= 0.3 is 0 Å². The summed E-state index contributed by atoms with van der Waals surface area (Å²) in [7, 11) is 0. The highest BCUT2D eigenvalue weighted by molar-refractivity contribution is 5.33. The zero-order chi connectivity index (χ0) is 13.5. The van der Waals surface area contributed by atoms with Gasteiger partial charge in [-0.3, -0.25) is 0 Å². The number of ether oxygens (including phenoxy) is 1. The summed E-state index contributed by atoms with van der Waals surface area (Å²) in [5.41, 5.74) is 2.46. The van der Waals surface area contributed by atoms with E-state index in [2.05, 4.69) is 33.0 Å². The molecular formula is C15H25NO2. The van der Waals surface area contributed by atoms with Crippen LogP contribution >= 0.6 is 0 Å². The lowest BCUT2D eigenvalue weighted by Crippen LogP contribution is -2.33. The Hall–Kier alpha value is -1.06. The molecule has 102 valence electrons. The Morgan fingerprint density at radius 3 is 2.50 bits per heavy atom. The van der Waals surface area contributed by atoms with E-state index in [4.69, 9.17) is 4.74 Å². The molecule has 1 aromatic carbocycles. The van der Waals surface area contributed by atoms with Gasteiger partial charge in [0, 0.05) is 6.54 Å². The first-order valence-electron chi connectivity index (χ1n) is 6.58. The van der Waals surface area contributed by atoms with Gasteiger partial charge in [-0.15, -0.1) is 0 Å². The first-order valence-corrected chi connectivity index (χ1v) is 6.58. The van der Waals surface area contributed by atoms with Crippen molar-refractivity contribution in [1.29, 1.82) is 0 Å². The average Bonchev–Trinajstić information content (AvgIpc) is 2.30. The van der Waals surface area contributed by atoms with Gasteiger partial charge in [0.2, 0.25) is 0 Å². The molecule has 18 heavy (non-hydrogen) atoms. The molecule has 0 heterocycles. The molecular weight excluding hydrogens is 226 g/mol. The Balaban J connectivity index is 2.29. The highest BCUT2D eigenvalue weighted by Gasteiger charge is 2.05. The fourth-order valence-corrected chi connectivity index (χ4v) is 1.59. The predicted octanol–water partition coefficient (Wildman–Crippen LogP) is 2.29. The predicted molar refractivity (Wildman–Crippen MR) is 75.1 cm³/mol. The van der Waals surface area contributed by atoms with E-state index >= 15 is 0 Å². The molecule has 2 N–H and O–H groups in total.